The van der Waals surface area contributed by atoms with Crippen molar-refractivity contribution in [3.05, 3.63) is 29.6 Å². The van der Waals surface area contributed by atoms with E-state index in [9.17, 15) is 9.18 Å². The number of nitrogens with one attached hydrogen (secondary N) is 1. The van der Waals surface area contributed by atoms with Crippen LogP contribution < -0.4 is 31.0 Å². The molecule has 206 valence electrons. The number of nitrogens with zero attached hydrogens (tertiary/aromatic N) is 2. The summed E-state index contributed by atoms with van der Waals surface area (Å²) in [5.74, 6) is 1.88. The number of carbonyl (C=O) groups excluding carboxylic acids is 1. The SMILES string of the molecule is COc1cc(Cc2ncc(N)nc2N)cc(OC)c1OCCCNC(=O)C(C)(C)CCOC(C)(C)CF. The second-order valence-electron chi connectivity index (χ2n) is 9.97. The Hall–Kier alpha value is -3.34. The van der Waals surface area contributed by atoms with E-state index in [1.165, 1.54) is 6.20 Å². The second-order valence-corrected chi connectivity index (χ2v) is 9.97. The average Bonchev–Trinajstić information content (AvgIpc) is 2.85. The number of amides is 1. The Morgan fingerprint density at radius 2 is 1.73 bits per heavy atom. The fraction of sp³-hybridized carbons (Fsp3) is 0.577. The third-order valence-electron chi connectivity index (χ3n) is 5.80. The van der Waals surface area contributed by atoms with Gasteiger partial charge >= 0.3 is 0 Å². The summed E-state index contributed by atoms with van der Waals surface area (Å²) in [4.78, 5) is 20.9. The third-order valence-corrected chi connectivity index (χ3v) is 5.80. The van der Waals surface area contributed by atoms with Gasteiger partial charge in [-0.3, -0.25) is 9.78 Å². The zero-order valence-electron chi connectivity index (χ0n) is 22.7. The minimum atomic E-state index is -0.845. The molecule has 0 aliphatic heterocycles. The molecule has 10 nitrogen and oxygen atoms in total. The molecule has 11 heteroatoms. The highest BCUT2D eigenvalue weighted by Crippen LogP contribution is 2.39. The van der Waals surface area contributed by atoms with E-state index in [0.29, 0.717) is 62.0 Å². The van der Waals surface area contributed by atoms with Crippen molar-refractivity contribution in [3.8, 4) is 17.2 Å². The molecule has 0 spiro atoms. The molecule has 0 aliphatic rings. The number of rotatable bonds is 15. The van der Waals surface area contributed by atoms with Crippen LogP contribution in [0.15, 0.2) is 18.3 Å². The van der Waals surface area contributed by atoms with Gasteiger partial charge in [-0.15, -0.1) is 0 Å². The van der Waals surface area contributed by atoms with Gasteiger partial charge < -0.3 is 35.7 Å². The highest BCUT2D eigenvalue weighted by atomic mass is 19.1. The van der Waals surface area contributed by atoms with Gasteiger partial charge in [0.15, 0.2) is 11.5 Å². The van der Waals surface area contributed by atoms with Gasteiger partial charge in [0.1, 0.15) is 18.3 Å². The van der Waals surface area contributed by atoms with Crippen LogP contribution in [0.4, 0.5) is 16.0 Å². The monoisotopic (exact) mass is 521 g/mol. The maximum absolute atomic E-state index is 12.9. The van der Waals surface area contributed by atoms with Crippen molar-refractivity contribution in [2.75, 3.05) is 52.1 Å². The Balaban J connectivity index is 1.91. The van der Waals surface area contributed by atoms with Gasteiger partial charge in [0.05, 0.1) is 38.3 Å². The number of methoxy groups -OCH3 is 2. The fourth-order valence-corrected chi connectivity index (χ4v) is 3.37. The summed E-state index contributed by atoms with van der Waals surface area (Å²) in [5.41, 5.74) is 11.5. The summed E-state index contributed by atoms with van der Waals surface area (Å²) in [6.07, 6.45) is 2.91. The van der Waals surface area contributed by atoms with E-state index in [1.54, 1.807) is 28.1 Å². The maximum atomic E-state index is 12.9. The Morgan fingerprint density at radius 3 is 2.30 bits per heavy atom. The van der Waals surface area contributed by atoms with Crippen molar-refractivity contribution in [1.82, 2.24) is 15.3 Å². The summed E-state index contributed by atoms with van der Waals surface area (Å²) in [5, 5.41) is 2.93. The molecule has 0 bridgehead atoms. The quantitative estimate of drug-likeness (QED) is 0.301. The van der Waals surface area contributed by atoms with Crippen molar-refractivity contribution < 1.29 is 28.1 Å². The first-order chi connectivity index (χ1) is 17.4. The van der Waals surface area contributed by atoms with Gasteiger partial charge in [0.2, 0.25) is 11.7 Å². The lowest BCUT2D eigenvalue weighted by atomic mass is 9.88. The molecule has 1 heterocycles. The van der Waals surface area contributed by atoms with Crippen LogP contribution in [0.3, 0.4) is 0 Å². The molecule has 5 N–H and O–H groups in total. The number of benzene rings is 1. The molecule has 0 aliphatic carbocycles. The third kappa shape index (κ3) is 8.92. The van der Waals surface area contributed by atoms with E-state index in [4.69, 9.17) is 30.4 Å². The zero-order valence-corrected chi connectivity index (χ0v) is 22.7. The summed E-state index contributed by atoms with van der Waals surface area (Å²) in [6, 6.07) is 3.65. The van der Waals surface area contributed by atoms with Gasteiger partial charge in [-0.25, -0.2) is 9.37 Å². The molecule has 0 fully saturated rings. The van der Waals surface area contributed by atoms with E-state index in [2.05, 4.69) is 15.3 Å². The lowest BCUT2D eigenvalue weighted by molar-refractivity contribution is -0.131. The number of aromatic nitrogens is 2. The van der Waals surface area contributed by atoms with Crippen LogP contribution in [0.5, 0.6) is 17.2 Å². The maximum Gasteiger partial charge on any atom is 0.225 e. The summed E-state index contributed by atoms with van der Waals surface area (Å²) >= 11 is 0. The van der Waals surface area contributed by atoms with Crippen molar-refractivity contribution in [2.24, 2.45) is 5.41 Å². The topological polar surface area (TPSA) is 144 Å². The molecule has 0 radical (unpaired) electrons. The van der Waals surface area contributed by atoms with Gasteiger partial charge in [0, 0.05) is 25.0 Å². The van der Waals surface area contributed by atoms with Crippen LogP contribution in [-0.2, 0) is 16.0 Å². The lowest BCUT2D eigenvalue weighted by Crippen LogP contribution is -2.39. The molecule has 0 unspecified atom stereocenters. The van der Waals surface area contributed by atoms with Gasteiger partial charge in [0.25, 0.3) is 0 Å². The predicted octanol–water partition coefficient (Wildman–Crippen LogP) is 3.32. The van der Waals surface area contributed by atoms with Crippen LogP contribution >= 0.6 is 0 Å². The standard InChI is InChI=1S/C26H40FN5O5/c1-25(2,8-11-37-26(3,4)16-27)24(33)30-9-7-10-36-22-19(34-5)13-17(14-20(22)35-6)12-18-23(29)32-21(28)15-31-18/h13-15H,7-12,16H2,1-6H3,(H,30,33)(H4,28,29,32). The molecule has 2 aromatic rings. The molecule has 0 saturated heterocycles. The Bertz CT molecular complexity index is 1020. The molecule has 2 rings (SSSR count). The molecule has 0 atom stereocenters. The molecular formula is C26H40FN5O5. The van der Waals surface area contributed by atoms with Crippen molar-refractivity contribution >= 4 is 17.5 Å². The number of nitrogen functional groups attached to an aromatic ring is 2. The number of anilines is 2. The van der Waals surface area contributed by atoms with E-state index < -0.39 is 17.7 Å². The number of alkyl halides is 1. The largest absolute Gasteiger partial charge is 0.493 e. The number of ether oxygens (including phenoxy) is 4. The molecule has 1 aromatic carbocycles. The number of hydrogen-bond acceptors (Lipinski definition) is 9. The predicted molar refractivity (Wildman–Crippen MR) is 141 cm³/mol. The van der Waals surface area contributed by atoms with Crippen LogP contribution in [0.25, 0.3) is 0 Å². The zero-order chi connectivity index (χ0) is 27.6. The molecule has 0 saturated carbocycles. The molecular weight excluding hydrogens is 481 g/mol. The Labute approximate surface area is 218 Å². The van der Waals surface area contributed by atoms with E-state index >= 15 is 0 Å². The molecule has 1 amide bonds. The normalized spacial score (nSPS) is 11.8. The van der Waals surface area contributed by atoms with E-state index in [0.717, 1.165) is 5.56 Å². The van der Waals surface area contributed by atoms with Gasteiger partial charge in [-0.1, -0.05) is 13.8 Å². The first-order valence-electron chi connectivity index (χ1n) is 12.1. The highest BCUT2D eigenvalue weighted by Gasteiger charge is 2.28. The Kier molecular flexibility index (Phi) is 10.7. The minimum absolute atomic E-state index is 0.0984. The van der Waals surface area contributed by atoms with E-state index in [1.807, 2.05) is 26.0 Å². The van der Waals surface area contributed by atoms with Crippen molar-refractivity contribution in [3.63, 3.8) is 0 Å². The average molecular weight is 522 g/mol. The van der Waals surface area contributed by atoms with E-state index in [-0.39, 0.29) is 17.5 Å². The van der Waals surface area contributed by atoms with Crippen LogP contribution in [0.1, 0.15) is 51.8 Å². The summed E-state index contributed by atoms with van der Waals surface area (Å²) in [7, 11) is 3.09. The number of hydrogen-bond donors (Lipinski definition) is 3. The lowest BCUT2D eigenvalue weighted by Gasteiger charge is -2.27. The number of carbonyl (C=O) groups is 1. The molecule has 1 aromatic heterocycles. The smallest absolute Gasteiger partial charge is 0.225 e. The van der Waals surface area contributed by atoms with Gasteiger partial charge in [-0.2, -0.15) is 0 Å². The second kappa shape index (κ2) is 13.3. The van der Waals surface area contributed by atoms with Crippen molar-refractivity contribution in [1.29, 1.82) is 0 Å². The molecule has 37 heavy (non-hydrogen) atoms. The number of nitrogens with two attached hydrogens (primary N) is 2. The fourth-order valence-electron chi connectivity index (χ4n) is 3.37. The number of halogens is 1. The van der Waals surface area contributed by atoms with Crippen LogP contribution in [-0.4, -0.2) is 62.1 Å². The van der Waals surface area contributed by atoms with Crippen LogP contribution in [0.2, 0.25) is 0 Å². The van der Waals surface area contributed by atoms with Crippen molar-refractivity contribution in [2.45, 2.75) is 52.6 Å². The highest BCUT2D eigenvalue weighted by molar-refractivity contribution is 5.81. The first-order valence-corrected chi connectivity index (χ1v) is 12.1. The summed E-state index contributed by atoms with van der Waals surface area (Å²) in [6.45, 7) is 7.52. The van der Waals surface area contributed by atoms with Gasteiger partial charge in [-0.05, 0) is 44.4 Å². The van der Waals surface area contributed by atoms with Crippen LogP contribution in [0, 0.1) is 5.41 Å². The Morgan fingerprint density at radius 1 is 1.08 bits per heavy atom. The summed E-state index contributed by atoms with van der Waals surface area (Å²) < 4.78 is 35.4. The minimum Gasteiger partial charge on any atom is -0.493 e. The first kappa shape index (κ1) is 29.9.